The molecule has 0 fully saturated rings. The molecule has 0 aliphatic heterocycles. The second-order valence-corrected chi connectivity index (χ2v) is 5.39. The second kappa shape index (κ2) is 7.42. The van der Waals surface area contributed by atoms with E-state index in [1.54, 1.807) is 31.2 Å². The van der Waals surface area contributed by atoms with Gasteiger partial charge in [-0.1, -0.05) is 12.1 Å². The first-order valence-electron chi connectivity index (χ1n) is 6.05. The normalized spacial score (nSPS) is 13.0. The van der Waals surface area contributed by atoms with E-state index >= 15 is 0 Å². The minimum absolute atomic E-state index is 0.0199. The summed E-state index contributed by atoms with van der Waals surface area (Å²) in [7, 11) is 0. The number of nitrogens with one attached hydrogen (secondary N) is 1. The van der Waals surface area contributed by atoms with Gasteiger partial charge in [-0.25, -0.2) is 0 Å². The van der Waals surface area contributed by atoms with E-state index in [1.165, 1.54) is 0 Å². The van der Waals surface area contributed by atoms with Crippen LogP contribution in [0.2, 0.25) is 0 Å². The first-order chi connectivity index (χ1) is 9.28. The number of thioether (sulfide) groups is 1. The van der Waals surface area contributed by atoms with Crippen molar-refractivity contribution in [2.45, 2.75) is 36.9 Å². The fourth-order valence-corrected chi connectivity index (χ4v) is 2.33. The molecule has 1 rings (SSSR count). The predicted molar refractivity (Wildman–Crippen MR) is 73.2 cm³/mol. The molecule has 0 bridgehead atoms. The Hall–Kier alpha value is -1.37. The van der Waals surface area contributed by atoms with Crippen molar-refractivity contribution < 1.29 is 23.1 Å². The number of para-hydroxylation sites is 1. The third kappa shape index (κ3) is 6.70. The van der Waals surface area contributed by atoms with Crippen molar-refractivity contribution in [3.63, 3.8) is 0 Å². The van der Waals surface area contributed by atoms with Crippen molar-refractivity contribution in [2.24, 2.45) is 0 Å². The van der Waals surface area contributed by atoms with Crippen molar-refractivity contribution >= 4 is 23.4 Å². The Bertz CT molecular complexity index is 451. The van der Waals surface area contributed by atoms with E-state index in [1.807, 2.05) is 0 Å². The molecule has 0 heterocycles. The van der Waals surface area contributed by atoms with Crippen molar-refractivity contribution in [1.29, 1.82) is 0 Å². The van der Waals surface area contributed by atoms with Crippen molar-refractivity contribution in [2.75, 3.05) is 11.1 Å². The van der Waals surface area contributed by atoms with E-state index in [-0.39, 0.29) is 12.5 Å². The van der Waals surface area contributed by atoms with Crippen LogP contribution in [0.5, 0.6) is 0 Å². The van der Waals surface area contributed by atoms with E-state index in [2.05, 4.69) is 5.32 Å². The number of halogens is 3. The van der Waals surface area contributed by atoms with Gasteiger partial charge in [0.1, 0.15) is 0 Å². The van der Waals surface area contributed by atoms with E-state index in [4.69, 9.17) is 5.11 Å². The Morgan fingerprint density at radius 2 is 2.05 bits per heavy atom. The number of anilines is 1. The van der Waals surface area contributed by atoms with Crippen molar-refractivity contribution in [1.82, 2.24) is 0 Å². The molecule has 0 aliphatic rings. The Morgan fingerprint density at radius 1 is 1.40 bits per heavy atom. The lowest BCUT2D eigenvalue weighted by atomic mass is 10.1. The lowest BCUT2D eigenvalue weighted by molar-refractivity contribution is -0.137. The lowest BCUT2D eigenvalue weighted by Gasteiger charge is -2.17. The minimum atomic E-state index is -4.22. The summed E-state index contributed by atoms with van der Waals surface area (Å²) in [5.74, 6) is -1.84. The van der Waals surface area contributed by atoms with Crippen molar-refractivity contribution in [3.05, 3.63) is 24.3 Å². The number of carboxylic acids is 1. The SMILES string of the molecule is CC(CCC(=O)O)Nc1ccccc1SCC(F)(F)F. The molecule has 1 unspecified atom stereocenters. The zero-order valence-electron chi connectivity index (χ0n) is 10.9. The molecule has 0 radical (unpaired) electrons. The number of carboxylic acid groups (broad SMARTS) is 1. The summed E-state index contributed by atoms with van der Waals surface area (Å²) in [5, 5.41) is 11.7. The number of hydrogen-bond acceptors (Lipinski definition) is 3. The van der Waals surface area contributed by atoms with Crippen LogP contribution >= 0.6 is 11.8 Å². The molecule has 0 spiro atoms. The van der Waals surface area contributed by atoms with Gasteiger partial charge in [-0.15, -0.1) is 11.8 Å². The maximum atomic E-state index is 12.2. The number of aliphatic carboxylic acids is 1. The summed E-state index contributed by atoms with van der Waals surface area (Å²) in [6, 6.07) is 6.58. The summed E-state index contributed by atoms with van der Waals surface area (Å²) in [5.41, 5.74) is 0.597. The van der Waals surface area contributed by atoms with Gasteiger partial charge in [0, 0.05) is 23.0 Å². The average Bonchev–Trinajstić information content (AvgIpc) is 2.34. The highest BCUT2D eigenvalue weighted by Gasteiger charge is 2.27. The van der Waals surface area contributed by atoms with Gasteiger partial charge in [0.15, 0.2) is 0 Å². The first-order valence-corrected chi connectivity index (χ1v) is 7.03. The third-order valence-corrected chi connectivity index (χ3v) is 3.61. The largest absolute Gasteiger partial charge is 0.481 e. The van der Waals surface area contributed by atoms with E-state index in [0.29, 0.717) is 28.8 Å². The molecule has 1 atom stereocenters. The number of hydrogen-bond donors (Lipinski definition) is 2. The molecule has 20 heavy (non-hydrogen) atoms. The maximum Gasteiger partial charge on any atom is 0.398 e. The molecule has 0 amide bonds. The molecule has 0 aliphatic carbocycles. The van der Waals surface area contributed by atoms with Crippen LogP contribution in [0, 0.1) is 0 Å². The van der Waals surface area contributed by atoms with Crippen LogP contribution in [0.3, 0.4) is 0 Å². The van der Waals surface area contributed by atoms with Crippen LogP contribution in [0.15, 0.2) is 29.2 Å². The van der Waals surface area contributed by atoms with Crippen LogP contribution in [0.4, 0.5) is 18.9 Å². The van der Waals surface area contributed by atoms with Gasteiger partial charge in [0.05, 0.1) is 5.75 Å². The van der Waals surface area contributed by atoms with Crippen LogP contribution < -0.4 is 5.32 Å². The molecular formula is C13H16F3NO2S. The summed E-state index contributed by atoms with van der Waals surface area (Å²) in [4.78, 5) is 11.0. The molecule has 2 N–H and O–H groups in total. The van der Waals surface area contributed by atoms with E-state index in [0.717, 1.165) is 0 Å². The Kier molecular flexibility index (Phi) is 6.19. The molecule has 112 valence electrons. The first kappa shape index (κ1) is 16.7. The standard InChI is InChI=1S/C13H16F3NO2S/c1-9(6-7-12(18)19)17-10-4-2-3-5-11(10)20-8-13(14,15)16/h2-5,9,17H,6-8H2,1H3,(H,18,19). The van der Waals surface area contributed by atoms with Gasteiger partial charge < -0.3 is 10.4 Å². The second-order valence-electron chi connectivity index (χ2n) is 4.38. The summed E-state index contributed by atoms with van der Waals surface area (Å²) >= 11 is 0.717. The molecular weight excluding hydrogens is 291 g/mol. The smallest absolute Gasteiger partial charge is 0.398 e. The number of benzene rings is 1. The number of rotatable bonds is 7. The molecule has 3 nitrogen and oxygen atoms in total. The average molecular weight is 307 g/mol. The maximum absolute atomic E-state index is 12.2. The van der Waals surface area contributed by atoms with Gasteiger partial charge >= 0.3 is 12.1 Å². The zero-order chi connectivity index (χ0) is 15.2. The number of carbonyl (C=O) groups is 1. The summed E-state index contributed by atoms with van der Waals surface area (Å²) < 4.78 is 36.7. The highest BCUT2D eigenvalue weighted by molar-refractivity contribution is 7.99. The van der Waals surface area contributed by atoms with Crippen LogP contribution in [-0.2, 0) is 4.79 Å². The van der Waals surface area contributed by atoms with Crippen LogP contribution in [0.25, 0.3) is 0 Å². The third-order valence-electron chi connectivity index (χ3n) is 2.47. The van der Waals surface area contributed by atoms with Crippen molar-refractivity contribution in [3.8, 4) is 0 Å². The summed E-state index contributed by atoms with van der Waals surface area (Å²) in [6.45, 7) is 1.80. The zero-order valence-corrected chi connectivity index (χ0v) is 11.7. The van der Waals surface area contributed by atoms with E-state index < -0.39 is 17.9 Å². The van der Waals surface area contributed by atoms with E-state index in [9.17, 15) is 18.0 Å². The van der Waals surface area contributed by atoms with Gasteiger partial charge in [0.2, 0.25) is 0 Å². The van der Waals surface area contributed by atoms with Crippen LogP contribution in [-0.4, -0.2) is 29.0 Å². The highest BCUT2D eigenvalue weighted by atomic mass is 32.2. The lowest BCUT2D eigenvalue weighted by Crippen LogP contribution is -2.17. The predicted octanol–water partition coefficient (Wildman–Crippen LogP) is 4.01. The molecule has 0 saturated carbocycles. The molecule has 1 aromatic carbocycles. The minimum Gasteiger partial charge on any atom is -0.481 e. The van der Waals surface area contributed by atoms with Gasteiger partial charge in [-0.05, 0) is 25.5 Å². The molecule has 0 saturated heterocycles. The Morgan fingerprint density at radius 3 is 2.65 bits per heavy atom. The quantitative estimate of drug-likeness (QED) is 0.747. The fourth-order valence-electron chi connectivity index (χ4n) is 1.55. The van der Waals surface area contributed by atoms with Crippen LogP contribution in [0.1, 0.15) is 19.8 Å². The Labute approximate surface area is 119 Å². The molecule has 0 aromatic heterocycles. The van der Waals surface area contributed by atoms with Gasteiger partial charge in [-0.2, -0.15) is 13.2 Å². The topological polar surface area (TPSA) is 49.3 Å². The molecule has 7 heteroatoms. The number of alkyl halides is 3. The van der Waals surface area contributed by atoms with Gasteiger partial charge in [-0.3, -0.25) is 4.79 Å². The molecule has 1 aromatic rings. The fraction of sp³-hybridized carbons (Fsp3) is 0.462. The highest BCUT2D eigenvalue weighted by Crippen LogP contribution is 2.32. The monoisotopic (exact) mass is 307 g/mol. The Balaban J connectivity index is 2.63. The van der Waals surface area contributed by atoms with Gasteiger partial charge in [0.25, 0.3) is 0 Å². The summed E-state index contributed by atoms with van der Waals surface area (Å²) in [6.07, 6.45) is -3.79.